The first-order valence-electron chi connectivity index (χ1n) is 9.83. The molecule has 2 rings (SSSR count). The fourth-order valence-electron chi connectivity index (χ4n) is 3.20. The number of ether oxygens (including phenoxy) is 1. The Morgan fingerprint density at radius 2 is 1.86 bits per heavy atom. The Bertz CT molecular complexity index is 677. The third-order valence-corrected chi connectivity index (χ3v) is 5.09. The fraction of sp³-hybridized carbons (Fsp3) is 0.571. The molecule has 0 spiro atoms. The zero-order valence-corrected chi connectivity index (χ0v) is 17.1. The summed E-state index contributed by atoms with van der Waals surface area (Å²) in [5.74, 6) is -0.961. The number of hydrogen-bond acceptors (Lipinski definition) is 5. The maximum atomic E-state index is 13.1. The Labute approximate surface area is 166 Å². The zero-order chi connectivity index (χ0) is 20.7. The molecule has 154 valence electrons. The number of esters is 1. The number of nitrogens with zero attached hydrogens (tertiary/aromatic N) is 1. The summed E-state index contributed by atoms with van der Waals surface area (Å²) in [6.45, 7) is 6.17. The van der Waals surface area contributed by atoms with Crippen LogP contribution >= 0.6 is 0 Å². The van der Waals surface area contributed by atoms with E-state index in [0.717, 1.165) is 12.0 Å². The molecule has 28 heavy (non-hydrogen) atoms. The van der Waals surface area contributed by atoms with Crippen LogP contribution in [0, 0.1) is 5.92 Å². The van der Waals surface area contributed by atoms with Gasteiger partial charge in [0.15, 0.2) is 0 Å². The van der Waals surface area contributed by atoms with Crippen LogP contribution in [0.3, 0.4) is 0 Å². The van der Waals surface area contributed by atoms with Crippen molar-refractivity contribution in [1.29, 1.82) is 0 Å². The van der Waals surface area contributed by atoms with Gasteiger partial charge < -0.3 is 20.3 Å². The molecule has 7 heteroatoms. The Hall–Kier alpha value is -2.41. The lowest BCUT2D eigenvalue weighted by molar-refractivity contribution is -0.155. The number of benzene rings is 1. The van der Waals surface area contributed by atoms with E-state index in [2.05, 4.69) is 10.6 Å². The quantitative estimate of drug-likeness (QED) is 0.658. The van der Waals surface area contributed by atoms with Crippen LogP contribution in [0.25, 0.3) is 0 Å². The summed E-state index contributed by atoms with van der Waals surface area (Å²) in [6.07, 6.45) is 1.31. The minimum Gasteiger partial charge on any atom is -0.459 e. The molecule has 0 unspecified atom stereocenters. The van der Waals surface area contributed by atoms with Crippen molar-refractivity contribution >= 4 is 17.8 Å². The highest BCUT2D eigenvalue weighted by atomic mass is 16.5. The standard InChI is InChI=1S/C21H31N3O4/c1-14(2)18(23-19(25)15(3)22-4)20(26)24-12-8-11-17(24)21(27)28-13-16-9-6-5-7-10-16/h5-7,9-10,14-15,17-18,22H,8,11-13H2,1-4H3,(H,23,25)/t15-,17-,18-/m0/s1. The van der Waals surface area contributed by atoms with Crippen molar-refractivity contribution in [1.82, 2.24) is 15.5 Å². The summed E-state index contributed by atoms with van der Waals surface area (Å²) in [5, 5.41) is 5.68. The van der Waals surface area contributed by atoms with E-state index >= 15 is 0 Å². The van der Waals surface area contributed by atoms with Crippen molar-refractivity contribution in [2.24, 2.45) is 5.92 Å². The number of likely N-dealkylation sites (tertiary alicyclic amines) is 1. The Morgan fingerprint density at radius 3 is 2.46 bits per heavy atom. The summed E-state index contributed by atoms with van der Waals surface area (Å²) in [5.41, 5.74) is 0.903. The van der Waals surface area contributed by atoms with Gasteiger partial charge in [-0.25, -0.2) is 4.79 Å². The highest BCUT2D eigenvalue weighted by Crippen LogP contribution is 2.22. The Balaban J connectivity index is 2.02. The van der Waals surface area contributed by atoms with E-state index in [1.165, 1.54) is 0 Å². The summed E-state index contributed by atoms with van der Waals surface area (Å²) in [7, 11) is 1.69. The number of carbonyl (C=O) groups excluding carboxylic acids is 3. The molecule has 1 aliphatic heterocycles. The Morgan fingerprint density at radius 1 is 1.18 bits per heavy atom. The van der Waals surface area contributed by atoms with E-state index in [1.807, 2.05) is 44.2 Å². The lowest BCUT2D eigenvalue weighted by Gasteiger charge is -2.30. The number of likely N-dealkylation sites (N-methyl/N-ethyl adjacent to an activating group) is 1. The number of carbonyl (C=O) groups is 3. The molecular weight excluding hydrogens is 358 g/mol. The van der Waals surface area contributed by atoms with Gasteiger partial charge in [-0.3, -0.25) is 9.59 Å². The lowest BCUT2D eigenvalue weighted by atomic mass is 10.0. The molecule has 7 nitrogen and oxygen atoms in total. The summed E-state index contributed by atoms with van der Waals surface area (Å²) in [6, 6.07) is 7.77. The van der Waals surface area contributed by atoms with Crippen LogP contribution in [0.2, 0.25) is 0 Å². The van der Waals surface area contributed by atoms with E-state index in [9.17, 15) is 14.4 Å². The first-order chi connectivity index (χ1) is 13.3. The predicted molar refractivity (Wildman–Crippen MR) is 106 cm³/mol. The van der Waals surface area contributed by atoms with E-state index in [0.29, 0.717) is 13.0 Å². The van der Waals surface area contributed by atoms with Gasteiger partial charge >= 0.3 is 5.97 Å². The van der Waals surface area contributed by atoms with Crippen molar-refractivity contribution in [3.63, 3.8) is 0 Å². The number of amides is 2. The minimum absolute atomic E-state index is 0.0953. The van der Waals surface area contributed by atoms with Gasteiger partial charge in [0.1, 0.15) is 18.7 Å². The molecule has 2 amide bonds. The smallest absolute Gasteiger partial charge is 0.329 e. The third-order valence-electron chi connectivity index (χ3n) is 5.09. The average Bonchev–Trinajstić information content (AvgIpc) is 3.19. The van der Waals surface area contributed by atoms with Crippen LogP contribution in [0.15, 0.2) is 30.3 Å². The van der Waals surface area contributed by atoms with Gasteiger partial charge in [0.05, 0.1) is 6.04 Å². The van der Waals surface area contributed by atoms with E-state index in [1.54, 1.807) is 18.9 Å². The monoisotopic (exact) mass is 389 g/mol. The maximum Gasteiger partial charge on any atom is 0.329 e. The molecule has 0 aromatic heterocycles. The molecule has 0 saturated carbocycles. The second kappa shape index (κ2) is 10.2. The molecule has 3 atom stereocenters. The topological polar surface area (TPSA) is 87.7 Å². The highest BCUT2D eigenvalue weighted by molar-refractivity contribution is 5.92. The molecule has 0 bridgehead atoms. The average molecular weight is 389 g/mol. The van der Waals surface area contributed by atoms with Crippen molar-refractivity contribution < 1.29 is 19.1 Å². The lowest BCUT2D eigenvalue weighted by Crippen LogP contribution is -2.56. The van der Waals surface area contributed by atoms with Crippen molar-refractivity contribution in [3.8, 4) is 0 Å². The van der Waals surface area contributed by atoms with Crippen molar-refractivity contribution in [3.05, 3.63) is 35.9 Å². The fourth-order valence-corrected chi connectivity index (χ4v) is 3.20. The molecule has 1 aromatic carbocycles. The highest BCUT2D eigenvalue weighted by Gasteiger charge is 2.39. The first-order valence-corrected chi connectivity index (χ1v) is 9.83. The van der Waals surface area contributed by atoms with Gasteiger partial charge in [-0.15, -0.1) is 0 Å². The van der Waals surface area contributed by atoms with Crippen LogP contribution in [0.4, 0.5) is 0 Å². The van der Waals surface area contributed by atoms with Crippen molar-refractivity contribution in [2.75, 3.05) is 13.6 Å². The van der Waals surface area contributed by atoms with Crippen molar-refractivity contribution in [2.45, 2.75) is 58.3 Å². The van der Waals surface area contributed by atoms with Gasteiger partial charge in [0.2, 0.25) is 11.8 Å². The van der Waals surface area contributed by atoms with Gasteiger partial charge in [0, 0.05) is 6.54 Å². The van der Waals surface area contributed by atoms with E-state index in [-0.39, 0.29) is 24.3 Å². The van der Waals surface area contributed by atoms with Crippen LogP contribution in [-0.4, -0.2) is 54.4 Å². The maximum absolute atomic E-state index is 13.1. The normalized spacial score (nSPS) is 18.6. The van der Waals surface area contributed by atoms with Crippen LogP contribution < -0.4 is 10.6 Å². The summed E-state index contributed by atoms with van der Waals surface area (Å²) < 4.78 is 5.44. The molecular formula is C21H31N3O4. The molecule has 2 N–H and O–H groups in total. The first kappa shape index (κ1) is 21.9. The second-order valence-corrected chi connectivity index (χ2v) is 7.52. The largest absolute Gasteiger partial charge is 0.459 e. The third kappa shape index (κ3) is 5.55. The van der Waals surface area contributed by atoms with Gasteiger partial charge in [-0.05, 0) is 38.3 Å². The van der Waals surface area contributed by atoms with Gasteiger partial charge in [-0.2, -0.15) is 0 Å². The minimum atomic E-state index is -0.675. The summed E-state index contributed by atoms with van der Waals surface area (Å²) in [4.78, 5) is 39.5. The predicted octanol–water partition coefficient (Wildman–Crippen LogP) is 1.47. The zero-order valence-electron chi connectivity index (χ0n) is 17.1. The van der Waals surface area contributed by atoms with Gasteiger partial charge in [0.25, 0.3) is 0 Å². The Kier molecular flexibility index (Phi) is 7.99. The summed E-state index contributed by atoms with van der Waals surface area (Å²) >= 11 is 0. The molecule has 0 aliphatic carbocycles. The molecule has 0 radical (unpaired) electrons. The molecule has 1 aliphatic rings. The molecule has 1 heterocycles. The number of nitrogens with one attached hydrogen (secondary N) is 2. The molecule has 1 aromatic rings. The van der Waals surface area contributed by atoms with Gasteiger partial charge in [-0.1, -0.05) is 44.2 Å². The van der Waals surface area contributed by atoms with E-state index < -0.39 is 24.1 Å². The molecule has 1 saturated heterocycles. The van der Waals surface area contributed by atoms with Crippen LogP contribution in [0.5, 0.6) is 0 Å². The molecule has 1 fully saturated rings. The van der Waals surface area contributed by atoms with Crippen LogP contribution in [0.1, 0.15) is 39.2 Å². The number of rotatable bonds is 8. The van der Waals surface area contributed by atoms with Crippen LogP contribution in [-0.2, 0) is 25.7 Å². The SMILES string of the molecule is CN[C@@H](C)C(=O)N[C@H](C(=O)N1CCC[C@H]1C(=O)OCc1ccccc1)C(C)C. The second-order valence-electron chi connectivity index (χ2n) is 7.52. The van der Waals surface area contributed by atoms with E-state index in [4.69, 9.17) is 4.74 Å². The number of hydrogen-bond donors (Lipinski definition) is 2.